The number of phosphoric acid groups is 2. The molecule has 0 aromatic carbocycles. The molecular weight excluding hydrogens is 877 g/mol. The summed E-state index contributed by atoms with van der Waals surface area (Å²) in [5.74, 6) is -2.30. The van der Waals surface area contributed by atoms with Gasteiger partial charge in [0.1, 0.15) is 30.5 Å². The molecule has 0 spiro atoms. The maximum Gasteiger partial charge on any atom is 0.478 e. The molecule has 4 aromatic rings. The number of hydrogen-bond acceptors (Lipinski definition) is 23. The van der Waals surface area contributed by atoms with Crippen LogP contribution in [0.1, 0.15) is 54.0 Å². The molecule has 3 aliphatic heterocycles. The Kier molecular flexibility index (Phi) is 12.2. The van der Waals surface area contributed by atoms with Crippen LogP contribution in [0.15, 0.2) is 22.2 Å². The standard InChI is InChI=1S/C32H43FN10O17P2/c1-31(2,3)27(47)51-11-55-61(49)53-7-13-18(44)20(26(57-13)43-10-37-17-22(43)39-30(35)41-24(17)46)60-62(50,56-12-52-28(48)32(4,5)6)54-8-14-19(59-61)15(33)25(58-14)42-9-36-16-21(42)38-29(34)40-23(16)45/h9-10,13-15,18-20,25-26,44H,7-8,11-12H2,1-6H3,(H3,34,38,40,45)(H3,35,39,41,46)/t13-,14-,15?,18?,19?,20?,25-,26-,61?,62?/m1/s1. The fourth-order valence-electron chi connectivity index (χ4n) is 6.18. The fraction of sp³-hybridized carbons (Fsp3) is 0.625. The van der Waals surface area contributed by atoms with Gasteiger partial charge in [0.15, 0.2) is 41.0 Å². The number of ether oxygens (including phenoxy) is 4. The number of nitrogen functional groups attached to an aromatic ring is 2. The van der Waals surface area contributed by atoms with Crippen molar-refractivity contribution in [2.24, 2.45) is 10.8 Å². The number of aliphatic hydroxyl groups is 1. The van der Waals surface area contributed by atoms with Crippen LogP contribution in [0, 0.1) is 10.8 Å². The second kappa shape index (κ2) is 16.8. The van der Waals surface area contributed by atoms with Crippen LogP contribution < -0.4 is 22.6 Å². The van der Waals surface area contributed by atoms with E-state index >= 15 is 4.39 Å². The van der Waals surface area contributed by atoms with Gasteiger partial charge in [-0.3, -0.25) is 56.4 Å². The average molecular weight is 921 g/mol. The molecule has 0 aliphatic carbocycles. The number of aromatic nitrogens is 8. The number of nitrogens with one attached hydrogen (secondary N) is 2. The Morgan fingerprint density at radius 3 is 1.71 bits per heavy atom. The summed E-state index contributed by atoms with van der Waals surface area (Å²) < 4.78 is 104. The van der Waals surface area contributed by atoms with Crippen LogP contribution in [-0.2, 0) is 64.8 Å². The van der Waals surface area contributed by atoms with Gasteiger partial charge in [0.25, 0.3) is 11.1 Å². The third-order valence-electron chi connectivity index (χ3n) is 9.35. The Balaban J connectivity index is 1.28. The van der Waals surface area contributed by atoms with E-state index < -0.39 is 125 Å². The number of carbonyl (C=O) groups excluding carboxylic acids is 2. The van der Waals surface area contributed by atoms with E-state index in [9.17, 15) is 33.4 Å². The lowest BCUT2D eigenvalue weighted by atomic mass is 9.98. The summed E-state index contributed by atoms with van der Waals surface area (Å²) in [6.45, 7) is 5.16. The van der Waals surface area contributed by atoms with E-state index in [1.54, 1.807) is 0 Å². The minimum atomic E-state index is -5.18. The molecule has 3 saturated heterocycles. The average Bonchev–Trinajstić information content (AvgIpc) is 3.93. The minimum absolute atomic E-state index is 0.194. The van der Waals surface area contributed by atoms with E-state index in [1.165, 1.54) is 41.5 Å². The highest BCUT2D eigenvalue weighted by Crippen LogP contribution is 2.58. The summed E-state index contributed by atoms with van der Waals surface area (Å²) >= 11 is 0. The summed E-state index contributed by atoms with van der Waals surface area (Å²) in [6, 6.07) is 0. The largest absolute Gasteiger partial charge is 0.478 e. The topological polar surface area (TPSA) is 360 Å². The maximum atomic E-state index is 16.9. The van der Waals surface area contributed by atoms with E-state index in [0.717, 1.165) is 21.8 Å². The zero-order chi connectivity index (χ0) is 45.1. The number of halogens is 1. The predicted molar refractivity (Wildman–Crippen MR) is 204 cm³/mol. The summed E-state index contributed by atoms with van der Waals surface area (Å²) in [4.78, 5) is 71.1. The van der Waals surface area contributed by atoms with Crippen molar-refractivity contribution in [3.63, 3.8) is 0 Å². The van der Waals surface area contributed by atoms with Gasteiger partial charge in [0.05, 0.1) is 36.7 Å². The monoisotopic (exact) mass is 920 g/mol. The number of H-pyrrole nitrogens is 2. The fourth-order valence-corrected chi connectivity index (χ4v) is 8.67. The molecular formula is C32H43FN10O17P2. The van der Waals surface area contributed by atoms with Crippen molar-refractivity contribution in [2.45, 2.75) is 90.7 Å². The van der Waals surface area contributed by atoms with Crippen LogP contribution in [0.5, 0.6) is 0 Å². The highest BCUT2D eigenvalue weighted by molar-refractivity contribution is 7.48. The zero-order valence-corrected chi connectivity index (χ0v) is 35.5. The van der Waals surface area contributed by atoms with Crippen molar-refractivity contribution in [1.82, 2.24) is 39.0 Å². The highest BCUT2D eigenvalue weighted by atomic mass is 31.2. The van der Waals surface area contributed by atoms with E-state index in [0.29, 0.717) is 0 Å². The molecule has 7 N–H and O–H groups in total. The SMILES string of the molecule is CC(C)(C)C(=O)OCOP1(=O)OC[C@H]2O[C@@H](n3cnc4c(=O)[nH]c(N)nc43)C(F)C2OP(=O)(OCOC(=O)C(C)(C)C)OC[C@H]2O[C@@H](n3cnc4c(=O)[nH]c(N)nc43)C(O1)C2O. The second-order valence-electron chi connectivity index (χ2n) is 16.1. The zero-order valence-electron chi connectivity index (χ0n) is 33.7. The van der Waals surface area contributed by atoms with Crippen LogP contribution in [0.2, 0.25) is 0 Å². The van der Waals surface area contributed by atoms with Crippen LogP contribution in [0.3, 0.4) is 0 Å². The number of imidazole rings is 2. The van der Waals surface area contributed by atoms with E-state index in [4.69, 9.17) is 57.6 Å². The van der Waals surface area contributed by atoms with E-state index in [2.05, 4.69) is 29.9 Å². The second-order valence-corrected chi connectivity index (χ2v) is 19.3. The quantitative estimate of drug-likeness (QED) is 0.0937. The maximum absolute atomic E-state index is 16.9. The van der Waals surface area contributed by atoms with Gasteiger partial charge in [-0.25, -0.2) is 32.5 Å². The van der Waals surface area contributed by atoms with Crippen LogP contribution in [-0.4, -0.2) is 120 Å². The lowest BCUT2D eigenvalue weighted by molar-refractivity contribution is -0.162. The van der Waals surface area contributed by atoms with Crippen LogP contribution >= 0.6 is 15.6 Å². The molecule has 0 amide bonds. The summed E-state index contributed by atoms with van der Waals surface area (Å²) in [6.07, 6.45) is -12.9. The molecule has 340 valence electrons. The number of anilines is 2. The molecule has 30 heteroatoms. The molecule has 10 atom stereocenters. The molecule has 7 rings (SSSR count). The Labute approximate surface area is 348 Å². The Hall–Kier alpha value is -4.73. The van der Waals surface area contributed by atoms with Crippen molar-refractivity contribution in [2.75, 3.05) is 38.3 Å². The van der Waals surface area contributed by atoms with Gasteiger partial charge < -0.3 is 35.5 Å². The first-order chi connectivity index (χ1) is 29.0. The molecule has 6 unspecified atom stereocenters. The van der Waals surface area contributed by atoms with Crippen molar-refractivity contribution in [3.05, 3.63) is 33.4 Å². The van der Waals surface area contributed by atoms with Gasteiger partial charge >= 0.3 is 27.6 Å². The Morgan fingerprint density at radius 1 is 0.790 bits per heavy atom. The first-order valence-electron chi connectivity index (χ1n) is 18.5. The molecule has 4 aromatic heterocycles. The van der Waals surface area contributed by atoms with Crippen LogP contribution in [0.4, 0.5) is 16.3 Å². The normalized spacial score (nSPS) is 31.0. The first kappa shape index (κ1) is 45.3. The number of nitrogens with two attached hydrogens (primary N) is 2. The van der Waals surface area contributed by atoms with Gasteiger partial charge in [-0.15, -0.1) is 0 Å². The van der Waals surface area contributed by atoms with Crippen molar-refractivity contribution in [3.8, 4) is 0 Å². The summed E-state index contributed by atoms with van der Waals surface area (Å²) in [7, 11) is -10.4. The number of aliphatic hydroxyl groups excluding tert-OH is 1. The van der Waals surface area contributed by atoms with Gasteiger partial charge in [-0.05, 0) is 41.5 Å². The van der Waals surface area contributed by atoms with Gasteiger partial charge in [-0.1, -0.05) is 0 Å². The molecule has 0 saturated carbocycles. The van der Waals surface area contributed by atoms with Gasteiger partial charge in [0, 0.05) is 0 Å². The smallest absolute Gasteiger partial charge is 0.437 e. The van der Waals surface area contributed by atoms with E-state index in [-0.39, 0.29) is 34.2 Å². The Bertz CT molecular complexity index is 2570. The van der Waals surface area contributed by atoms with Crippen molar-refractivity contribution < 1.29 is 74.3 Å². The predicted octanol–water partition coefficient (Wildman–Crippen LogP) is 1.07. The number of aromatic amines is 2. The molecule has 3 fully saturated rings. The molecule has 27 nitrogen and oxygen atoms in total. The lowest BCUT2D eigenvalue weighted by Crippen LogP contribution is -2.36. The number of carbonyl (C=O) groups is 2. The Morgan fingerprint density at radius 2 is 1.23 bits per heavy atom. The number of phosphoric ester groups is 2. The summed E-state index contributed by atoms with van der Waals surface area (Å²) in [5, 5.41) is 11.7. The lowest BCUT2D eigenvalue weighted by Gasteiger charge is -2.28. The third kappa shape index (κ3) is 9.17. The number of rotatable bonds is 8. The number of esters is 2. The third-order valence-corrected chi connectivity index (χ3v) is 12.1. The number of fused-ring (bicyclic) bond motifs is 5. The first-order valence-corrected chi connectivity index (χ1v) is 21.5. The molecule has 2 bridgehead atoms. The molecule has 0 radical (unpaired) electrons. The molecule has 3 aliphatic rings. The van der Waals surface area contributed by atoms with Crippen LogP contribution in [0.25, 0.3) is 22.3 Å². The number of alkyl halides is 1. The van der Waals surface area contributed by atoms with Crippen molar-refractivity contribution >= 4 is 61.8 Å². The minimum Gasteiger partial charge on any atom is -0.437 e. The summed E-state index contributed by atoms with van der Waals surface area (Å²) in [5.41, 5.74) is 6.97. The van der Waals surface area contributed by atoms with Gasteiger partial charge in [0.2, 0.25) is 25.5 Å². The number of hydrogen-bond donors (Lipinski definition) is 5. The molecule has 7 heterocycles. The van der Waals surface area contributed by atoms with Gasteiger partial charge in [-0.2, -0.15) is 9.97 Å². The number of nitrogens with zero attached hydrogens (tertiary/aromatic N) is 6. The van der Waals surface area contributed by atoms with Crippen molar-refractivity contribution in [1.29, 1.82) is 0 Å². The molecule has 62 heavy (non-hydrogen) atoms. The van der Waals surface area contributed by atoms with E-state index in [1.807, 2.05) is 0 Å². The highest BCUT2D eigenvalue weighted by Gasteiger charge is 2.56.